The number of hydrazone groups is 1. The molecule has 0 aromatic heterocycles. The summed E-state index contributed by atoms with van der Waals surface area (Å²) in [5, 5.41) is 4.02. The maximum atomic E-state index is 12.1. The molecule has 0 saturated heterocycles. The molecule has 3 aromatic rings. The fraction of sp³-hybridized carbons (Fsp3) is 0.200. The number of hydrogen-bond donors (Lipinski definition) is 1. The van der Waals surface area contributed by atoms with Crippen molar-refractivity contribution in [1.29, 1.82) is 0 Å². The molecule has 3 rings (SSSR count). The van der Waals surface area contributed by atoms with Crippen LogP contribution in [-0.2, 0) is 4.79 Å². The topological polar surface area (TPSA) is 59.9 Å². The minimum absolute atomic E-state index is 0.0995. The van der Waals surface area contributed by atoms with E-state index >= 15 is 0 Å². The second kappa shape index (κ2) is 10.3. The molecule has 0 fully saturated rings. The zero-order valence-electron chi connectivity index (χ0n) is 17.5. The van der Waals surface area contributed by atoms with Crippen LogP contribution in [0.4, 0.5) is 0 Å². The lowest BCUT2D eigenvalue weighted by atomic mass is 10.0. The molecule has 5 nitrogen and oxygen atoms in total. The van der Waals surface area contributed by atoms with Crippen LogP contribution in [0.3, 0.4) is 0 Å². The molecule has 0 aliphatic rings. The normalized spacial score (nSPS) is 10.9. The maximum absolute atomic E-state index is 12.1. The van der Waals surface area contributed by atoms with Crippen molar-refractivity contribution in [2.24, 2.45) is 5.10 Å². The van der Waals surface area contributed by atoms with Crippen molar-refractivity contribution in [3.05, 3.63) is 89.5 Å². The van der Waals surface area contributed by atoms with Gasteiger partial charge in [-0.2, -0.15) is 5.10 Å². The van der Waals surface area contributed by atoms with Crippen LogP contribution < -0.4 is 14.9 Å². The highest BCUT2D eigenvalue weighted by Gasteiger charge is 2.10. The van der Waals surface area contributed by atoms with Crippen LogP contribution in [0, 0.1) is 6.92 Å². The van der Waals surface area contributed by atoms with Gasteiger partial charge in [-0.25, -0.2) is 5.43 Å². The van der Waals surface area contributed by atoms with Crippen LogP contribution in [-0.4, -0.2) is 18.7 Å². The van der Waals surface area contributed by atoms with Crippen molar-refractivity contribution in [1.82, 2.24) is 5.43 Å². The van der Waals surface area contributed by atoms with E-state index in [2.05, 4.69) is 24.4 Å². The molecule has 5 heteroatoms. The van der Waals surface area contributed by atoms with Crippen LogP contribution in [0.5, 0.6) is 17.2 Å². The fourth-order valence-electron chi connectivity index (χ4n) is 2.88. The monoisotopic (exact) mass is 402 g/mol. The molecule has 3 aromatic carbocycles. The zero-order valence-corrected chi connectivity index (χ0v) is 17.5. The van der Waals surface area contributed by atoms with Crippen LogP contribution in [0.15, 0.2) is 77.9 Å². The van der Waals surface area contributed by atoms with Gasteiger partial charge in [0.15, 0.2) is 6.61 Å². The minimum atomic E-state index is -0.320. The average molecular weight is 402 g/mol. The SMILES string of the molecule is Cc1ccc(C(C)C)c(OCC(=O)N/N=C\c2cccc(Oc3ccccc3)c2)c1. The van der Waals surface area contributed by atoms with Gasteiger partial charge in [0.05, 0.1) is 6.21 Å². The molecule has 0 aliphatic heterocycles. The largest absolute Gasteiger partial charge is 0.483 e. The van der Waals surface area contributed by atoms with Crippen molar-refractivity contribution in [2.45, 2.75) is 26.7 Å². The van der Waals surface area contributed by atoms with Gasteiger partial charge in [0.1, 0.15) is 17.2 Å². The molecule has 0 spiro atoms. The lowest BCUT2D eigenvalue weighted by Crippen LogP contribution is -2.25. The number of aryl methyl sites for hydroxylation is 1. The van der Waals surface area contributed by atoms with Crippen LogP contribution in [0.1, 0.15) is 36.5 Å². The molecule has 30 heavy (non-hydrogen) atoms. The molecular formula is C25H26N2O3. The van der Waals surface area contributed by atoms with E-state index < -0.39 is 0 Å². The molecule has 154 valence electrons. The first-order chi connectivity index (χ1) is 14.5. The molecule has 0 saturated carbocycles. The van der Waals surface area contributed by atoms with Gasteiger partial charge >= 0.3 is 0 Å². The van der Waals surface area contributed by atoms with Crippen LogP contribution in [0.2, 0.25) is 0 Å². The Balaban J connectivity index is 1.54. The number of hydrogen-bond acceptors (Lipinski definition) is 4. The first-order valence-corrected chi connectivity index (χ1v) is 9.89. The first-order valence-electron chi connectivity index (χ1n) is 9.89. The smallest absolute Gasteiger partial charge is 0.277 e. The van der Waals surface area contributed by atoms with E-state index in [0.29, 0.717) is 11.7 Å². The van der Waals surface area contributed by atoms with Crippen LogP contribution in [0.25, 0.3) is 0 Å². The summed E-state index contributed by atoms with van der Waals surface area (Å²) in [6.07, 6.45) is 1.57. The third-order valence-electron chi connectivity index (χ3n) is 4.39. The number of nitrogens with one attached hydrogen (secondary N) is 1. The third-order valence-corrected chi connectivity index (χ3v) is 4.39. The Kier molecular flexibility index (Phi) is 7.22. The van der Waals surface area contributed by atoms with E-state index in [9.17, 15) is 4.79 Å². The number of rotatable bonds is 8. The highest BCUT2D eigenvalue weighted by atomic mass is 16.5. The predicted molar refractivity (Wildman–Crippen MR) is 119 cm³/mol. The molecule has 0 heterocycles. The Morgan fingerprint density at radius 3 is 2.53 bits per heavy atom. The maximum Gasteiger partial charge on any atom is 0.277 e. The van der Waals surface area contributed by atoms with Crippen molar-refractivity contribution >= 4 is 12.1 Å². The average Bonchev–Trinajstić information content (AvgIpc) is 2.73. The molecule has 0 unspecified atom stereocenters. The minimum Gasteiger partial charge on any atom is -0.483 e. The van der Waals surface area contributed by atoms with E-state index in [1.165, 1.54) is 0 Å². The number of para-hydroxylation sites is 1. The number of benzene rings is 3. The van der Waals surface area contributed by atoms with Gasteiger partial charge in [0.2, 0.25) is 0 Å². The highest BCUT2D eigenvalue weighted by molar-refractivity contribution is 5.83. The molecule has 1 N–H and O–H groups in total. The van der Waals surface area contributed by atoms with Gasteiger partial charge in [-0.1, -0.05) is 56.3 Å². The summed E-state index contributed by atoms with van der Waals surface area (Å²) in [5.41, 5.74) is 5.47. The van der Waals surface area contributed by atoms with Crippen molar-refractivity contribution < 1.29 is 14.3 Å². The standard InChI is InChI=1S/C25H26N2O3/c1-18(2)23-13-12-19(3)14-24(23)29-17-25(28)27-26-16-20-8-7-11-22(15-20)30-21-9-5-4-6-10-21/h4-16,18H,17H2,1-3H3,(H,27,28)/b26-16-. The zero-order chi connectivity index (χ0) is 21.3. The summed E-state index contributed by atoms with van der Waals surface area (Å²) in [7, 11) is 0. The number of ether oxygens (including phenoxy) is 2. The summed E-state index contributed by atoms with van der Waals surface area (Å²) in [6, 6.07) is 23.0. The third kappa shape index (κ3) is 6.21. The quantitative estimate of drug-likeness (QED) is 0.403. The summed E-state index contributed by atoms with van der Waals surface area (Å²) in [6.45, 7) is 6.09. The molecule has 0 bridgehead atoms. The van der Waals surface area contributed by atoms with E-state index in [4.69, 9.17) is 9.47 Å². The summed E-state index contributed by atoms with van der Waals surface area (Å²) >= 11 is 0. The summed E-state index contributed by atoms with van der Waals surface area (Å²) in [4.78, 5) is 12.1. The summed E-state index contributed by atoms with van der Waals surface area (Å²) < 4.78 is 11.5. The van der Waals surface area contributed by atoms with Crippen molar-refractivity contribution in [3.63, 3.8) is 0 Å². The van der Waals surface area contributed by atoms with Gasteiger partial charge in [-0.15, -0.1) is 0 Å². The molecule has 0 aliphatic carbocycles. The van der Waals surface area contributed by atoms with Crippen LogP contribution >= 0.6 is 0 Å². The Labute approximate surface area is 177 Å². The number of amides is 1. The van der Waals surface area contributed by atoms with E-state index in [1.54, 1.807) is 6.21 Å². The Hall–Kier alpha value is -3.60. The van der Waals surface area contributed by atoms with Crippen molar-refractivity contribution in [2.75, 3.05) is 6.61 Å². The fourth-order valence-corrected chi connectivity index (χ4v) is 2.88. The molecule has 0 radical (unpaired) electrons. The van der Waals surface area contributed by atoms with Gasteiger partial charge in [-0.3, -0.25) is 4.79 Å². The second-order valence-corrected chi connectivity index (χ2v) is 7.27. The lowest BCUT2D eigenvalue weighted by Gasteiger charge is -2.14. The van der Waals surface area contributed by atoms with Crippen molar-refractivity contribution in [3.8, 4) is 17.2 Å². The first kappa shape index (κ1) is 21.1. The Bertz CT molecular complexity index is 1010. The second-order valence-electron chi connectivity index (χ2n) is 7.27. The van der Waals surface area contributed by atoms with E-state index in [1.807, 2.05) is 79.7 Å². The van der Waals surface area contributed by atoms with E-state index in [0.717, 1.165) is 28.2 Å². The Morgan fingerprint density at radius 1 is 1.00 bits per heavy atom. The van der Waals surface area contributed by atoms with Gasteiger partial charge < -0.3 is 9.47 Å². The van der Waals surface area contributed by atoms with Gasteiger partial charge in [0.25, 0.3) is 5.91 Å². The number of carbonyl (C=O) groups is 1. The number of carbonyl (C=O) groups excluding carboxylic acids is 1. The lowest BCUT2D eigenvalue weighted by molar-refractivity contribution is -0.123. The Morgan fingerprint density at radius 2 is 1.77 bits per heavy atom. The molecule has 1 amide bonds. The highest BCUT2D eigenvalue weighted by Crippen LogP contribution is 2.27. The summed E-state index contributed by atoms with van der Waals surface area (Å²) in [5.74, 6) is 2.18. The molecular weight excluding hydrogens is 376 g/mol. The van der Waals surface area contributed by atoms with Gasteiger partial charge in [0, 0.05) is 0 Å². The number of nitrogens with zero attached hydrogens (tertiary/aromatic N) is 1. The predicted octanol–water partition coefficient (Wildman–Crippen LogP) is 5.44. The van der Waals surface area contributed by atoms with E-state index in [-0.39, 0.29) is 12.5 Å². The van der Waals surface area contributed by atoms with Gasteiger partial charge in [-0.05, 0) is 59.9 Å². The molecule has 0 atom stereocenters.